The lowest BCUT2D eigenvalue weighted by molar-refractivity contribution is 0.0690. The fourth-order valence-corrected chi connectivity index (χ4v) is 1.99. The Bertz CT molecular complexity index is 658. The molecule has 2 N–H and O–H groups in total. The van der Waals surface area contributed by atoms with Crippen LogP contribution in [0.15, 0.2) is 30.6 Å². The van der Waals surface area contributed by atoms with E-state index in [9.17, 15) is 4.79 Å². The van der Waals surface area contributed by atoms with Crippen molar-refractivity contribution >= 4 is 11.8 Å². The molecule has 1 aromatic carbocycles. The van der Waals surface area contributed by atoms with Gasteiger partial charge in [0, 0.05) is 5.56 Å². The average Bonchev–Trinajstić information content (AvgIpc) is 2.54. The number of carboxylic acid groups (broad SMARTS) is 1. The number of hydrogen-bond donors (Lipinski definition) is 2. The minimum Gasteiger partial charge on any atom is -0.497 e. The number of aromatic carboxylic acids is 1. The highest BCUT2D eigenvalue weighted by Gasteiger charge is 2.14. The number of rotatable bonds is 6. The van der Waals surface area contributed by atoms with Gasteiger partial charge in [0.15, 0.2) is 5.69 Å². The summed E-state index contributed by atoms with van der Waals surface area (Å²) in [4.78, 5) is 18.6. The fourth-order valence-electron chi connectivity index (χ4n) is 1.99. The normalized spacial score (nSPS) is 11.6. The molecule has 2 rings (SSSR count). The van der Waals surface area contributed by atoms with Gasteiger partial charge < -0.3 is 19.9 Å². The molecule has 1 heterocycles. The van der Waals surface area contributed by atoms with Gasteiger partial charge in [-0.05, 0) is 25.1 Å². The van der Waals surface area contributed by atoms with Crippen LogP contribution in [0.2, 0.25) is 0 Å². The van der Waals surface area contributed by atoms with Gasteiger partial charge in [-0.1, -0.05) is 0 Å². The van der Waals surface area contributed by atoms with E-state index in [-0.39, 0.29) is 11.7 Å². The number of carbonyl (C=O) groups is 1. The highest BCUT2D eigenvalue weighted by atomic mass is 16.5. The maximum absolute atomic E-state index is 10.8. The SMILES string of the molecule is COc1ccc(OC)c(C(C)Nc2cnc(C(=O)O)cn2)c1. The molecule has 0 spiro atoms. The lowest BCUT2D eigenvalue weighted by Gasteiger charge is -2.18. The summed E-state index contributed by atoms with van der Waals surface area (Å²) in [7, 11) is 3.19. The van der Waals surface area contributed by atoms with Gasteiger partial charge in [-0.3, -0.25) is 0 Å². The molecule has 1 aromatic heterocycles. The van der Waals surface area contributed by atoms with Crippen LogP contribution in [0.4, 0.5) is 5.82 Å². The van der Waals surface area contributed by atoms with Crippen molar-refractivity contribution in [1.82, 2.24) is 9.97 Å². The first kappa shape index (κ1) is 15.6. The number of aromatic nitrogens is 2. The highest BCUT2D eigenvalue weighted by molar-refractivity contribution is 5.84. The summed E-state index contributed by atoms with van der Waals surface area (Å²) < 4.78 is 10.6. The molecule has 7 heteroatoms. The van der Waals surface area contributed by atoms with Gasteiger partial charge in [0.2, 0.25) is 0 Å². The Morgan fingerprint density at radius 3 is 2.55 bits per heavy atom. The summed E-state index contributed by atoms with van der Waals surface area (Å²) in [6.45, 7) is 1.93. The van der Waals surface area contributed by atoms with Gasteiger partial charge in [0.25, 0.3) is 0 Å². The molecule has 0 bridgehead atoms. The summed E-state index contributed by atoms with van der Waals surface area (Å²) >= 11 is 0. The standard InChI is InChI=1S/C15H17N3O4/c1-9(11-6-10(21-2)4-5-13(11)22-3)18-14-8-16-12(7-17-14)15(19)20/h4-9H,1-3H3,(H,17,18)(H,19,20). The summed E-state index contributed by atoms with van der Waals surface area (Å²) in [6, 6.07) is 5.38. The summed E-state index contributed by atoms with van der Waals surface area (Å²) in [5.74, 6) is 0.802. The topological polar surface area (TPSA) is 93.6 Å². The van der Waals surface area contributed by atoms with Crippen molar-refractivity contribution in [3.8, 4) is 11.5 Å². The number of carboxylic acids is 1. The first-order chi connectivity index (χ1) is 10.5. The molecular weight excluding hydrogens is 286 g/mol. The molecule has 1 unspecified atom stereocenters. The maximum atomic E-state index is 10.8. The van der Waals surface area contributed by atoms with Gasteiger partial charge in [-0.25, -0.2) is 14.8 Å². The minimum absolute atomic E-state index is 0.0998. The minimum atomic E-state index is -1.11. The smallest absolute Gasteiger partial charge is 0.356 e. The van der Waals surface area contributed by atoms with E-state index >= 15 is 0 Å². The van der Waals surface area contributed by atoms with Crippen LogP contribution in [0, 0.1) is 0 Å². The first-order valence-electron chi connectivity index (χ1n) is 6.59. The molecule has 7 nitrogen and oxygen atoms in total. The van der Waals surface area contributed by atoms with Crippen LogP contribution < -0.4 is 14.8 Å². The third-order valence-electron chi connectivity index (χ3n) is 3.14. The molecule has 116 valence electrons. The quantitative estimate of drug-likeness (QED) is 0.846. The Hall–Kier alpha value is -2.83. The van der Waals surface area contributed by atoms with E-state index in [2.05, 4.69) is 15.3 Å². The van der Waals surface area contributed by atoms with Gasteiger partial charge in [0.1, 0.15) is 17.3 Å². The molecule has 0 radical (unpaired) electrons. The van der Waals surface area contributed by atoms with Crippen molar-refractivity contribution in [3.05, 3.63) is 41.9 Å². The van der Waals surface area contributed by atoms with Crippen LogP contribution >= 0.6 is 0 Å². The van der Waals surface area contributed by atoms with E-state index in [0.29, 0.717) is 5.82 Å². The first-order valence-corrected chi connectivity index (χ1v) is 6.59. The Balaban J connectivity index is 2.20. The molecule has 1 atom stereocenters. The number of nitrogens with zero attached hydrogens (tertiary/aromatic N) is 2. The van der Waals surface area contributed by atoms with E-state index in [0.717, 1.165) is 17.1 Å². The average molecular weight is 303 g/mol. The van der Waals surface area contributed by atoms with Gasteiger partial charge in [-0.15, -0.1) is 0 Å². The van der Waals surface area contributed by atoms with Crippen LogP contribution in [0.5, 0.6) is 11.5 Å². The van der Waals surface area contributed by atoms with E-state index in [1.165, 1.54) is 12.4 Å². The molecule has 0 saturated heterocycles. The fraction of sp³-hybridized carbons (Fsp3) is 0.267. The second kappa shape index (κ2) is 6.75. The van der Waals surface area contributed by atoms with E-state index < -0.39 is 5.97 Å². The molecule has 0 saturated carbocycles. The number of methoxy groups -OCH3 is 2. The van der Waals surface area contributed by atoms with Crippen LogP contribution in [0.25, 0.3) is 0 Å². The van der Waals surface area contributed by atoms with Crippen molar-refractivity contribution in [2.24, 2.45) is 0 Å². The molecule has 22 heavy (non-hydrogen) atoms. The lowest BCUT2D eigenvalue weighted by Crippen LogP contribution is -2.11. The van der Waals surface area contributed by atoms with Crippen molar-refractivity contribution in [2.45, 2.75) is 13.0 Å². The number of hydrogen-bond acceptors (Lipinski definition) is 6. The van der Waals surface area contributed by atoms with Gasteiger partial charge in [0.05, 0.1) is 32.7 Å². The lowest BCUT2D eigenvalue weighted by atomic mass is 10.1. The molecule has 0 aliphatic heterocycles. The zero-order valence-electron chi connectivity index (χ0n) is 12.5. The molecule has 0 fully saturated rings. The molecule has 0 amide bonds. The third kappa shape index (κ3) is 3.43. The van der Waals surface area contributed by atoms with Crippen LogP contribution in [0.3, 0.4) is 0 Å². The summed E-state index contributed by atoms with van der Waals surface area (Å²) in [5.41, 5.74) is 0.795. The molecule has 0 aliphatic rings. The number of benzene rings is 1. The predicted molar refractivity (Wildman–Crippen MR) is 80.6 cm³/mol. The number of nitrogens with one attached hydrogen (secondary N) is 1. The maximum Gasteiger partial charge on any atom is 0.356 e. The Morgan fingerprint density at radius 1 is 1.23 bits per heavy atom. The van der Waals surface area contributed by atoms with Gasteiger partial charge in [-0.2, -0.15) is 0 Å². The number of anilines is 1. The van der Waals surface area contributed by atoms with Crippen molar-refractivity contribution in [1.29, 1.82) is 0 Å². The summed E-state index contributed by atoms with van der Waals surface area (Å²) in [5, 5.41) is 12.0. The van der Waals surface area contributed by atoms with E-state index in [1.54, 1.807) is 14.2 Å². The van der Waals surface area contributed by atoms with Crippen LogP contribution in [0.1, 0.15) is 29.0 Å². The molecule has 2 aromatic rings. The zero-order valence-corrected chi connectivity index (χ0v) is 12.5. The summed E-state index contributed by atoms with van der Waals surface area (Å²) in [6.07, 6.45) is 2.59. The molecule has 0 aliphatic carbocycles. The van der Waals surface area contributed by atoms with Gasteiger partial charge >= 0.3 is 5.97 Å². The second-order valence-corrected chi connectivity index (χ2v) is 4.57. The Labute approximate surface area is 127 Å². The van der Waals surface area contributed by atoms with E-state index in [4.69, 9.17) is 14.6 Å². The van der Waals surface area contributed by atoms with Crippen LogP contribution in [-0.4, -0.2) is 35.3 Å². The monoisotopic (exact) mass is 303 g/mol. The van der Waals surface area contributed by atoms with Crippen LogP contribution in [-0.2, 0) is 0 Å². The third-order valence-corrected chi connectivity index (χ3v) is 3.14. The Kier molecular flexibility index (Phi) is 4.77. The van der Waals surface area contributed by atoms with Crippen molar-refractivity contribution in [2.75, 3.05) is 19.5 Å². The second-order valence-electron chi connectivity index (χ2n) is 4.57. The van der Waals surface area contributed by atoms with Crippen molar-refractivity contribution < 1.29 is 19.4 Å². The van der Waals surface area contributed by atoms with Crippen molar-refractivity contribution in [3.63, 3.8) is 0 Å². The van der Waals surface area contributed by atoms with E-state index in [1.807, 2.05) is 25.1 Å². The number of ether oxygens (including phenoxy) is 2. The predicted octanol–water partition coefficient (Wildman–Crippen LogP) is 2.37. The molecular formula is C15H17N3O4. The highest BCUT2D eigenvalue weighted by Crippen LogP contribution is 2.30. The Morgan fingerprint density at radius 2 is 2.00 bits per heavy atom. The largest absolute Gasteiger partial charge is 0.497 e. The zero-order chi connectivity index (χ0) is 16.1.